The SMILES string of the molecule is Cc1cc(Cl)ccc1C(=O)Nc1ccccc1CO. The number of carbonyl (C=O) groups excluding carboxylic acids is 1. The summed E-state index contributed by atoms with van der Waals surface area (Å²) in [6.45, 7) is 1.72. The highest BCUT2D eigenvalue weighted by atomic mass is 35.5. The second-order valence-electron chi connectivity index (χ2n) is 4.23. The number of hydrogen-bond acceptors (Lipinski definition) is 2. The largest absolute Gasteiger partial charge is 0.392 e. The summed E-state index contributed by atoms with van der Waals surface area (Å²) in [6.07, 6.45) is 0. The van der Waals surface area contributed by atoms with Gasteiger partial charge in [-0.15, -0.1) is 0 Å². The van der Waals surface area contributed by atoms with E-state index in [4.69, 9.17) is 11.6 Å². The molecule has 2 rings (SSSR count). The predicted molar refractivity (Wildman–Crippen MR) is 76.5 cm³/mol. The van der Waals surface area contributed by atoms with Crippen LogP contribution in [0.25, 0.3) is 0 Å². The van der Waals surface area contributed by atoms with Crippen molar-refractivity contribution < 1.29 is 9.90 Å². The van der Waals surface area contributed by atoms with Crippen molar-refractivity contribution in [2.75, 3.05) is 5.32 Å². The smallest absolute Gasteiger partial charge is 0.255 e. The van der Waals surface area contributed by atoms with Gasteiger partial charge in [-0.2, -0.15) is 0 Å². The molecule has 2 N–H and O–H groups in total. The molecule has 0 unspecified atom stereocenters. The minimum Gasteiger partial charge on any atom is -0.392 e. The Morgan fingerprint density at radius 2 is 2.00 bits per heavy atom. The third kappa shape index (κ3) is 3.13. The number of aryl methyl sites for hydroxylation is 1. The van der Waals surface area contributed by atoms with Gasteiger partial charge >= 0.3 is 0 Å². The number of halogens is 1. The second-order valence-corrected chi connectivity index (χ2v) is 4.67. The van der Waals surface area contributed by atoms with E-state index in [1.54, 1.807) is 30.3 Å². The predicted octanol–water partition coefficient (Wildman–Crippen LogP) is 3.39. The topological polar surface area (TPSA) is 49.3 Å². The van der Waals surface area contributed by atoms with E-state index in [2.05, 4.69) is 5.32 Å². The molecule has 4 heteroatoms. The van der Waals surface area contributed by atoms with Crippen LogP contribution in [-0.2, 0) is 6.61 Å². The van der Waals surface area contributed by atoms with E-state index >= 15 is 0 Å². The van der Waals surface area contributed by atoms with Crippen molar-refractivity contribution in [2.24, 2.45) is 0 Å². The Bertz CT molecular complexity index is 611. The van der Waals surface area contributed by atoms with Crippen LogP contribution in [0.2, 0.25) is 5.02 Å². The molecule has 0 aliphatic carbocycles. The molecular weight excluding hydrogens is 262 g/mol. The Labute approximate surface area is 116 Å². The summed E-state index contributed by atoms with van der Waals surface area (Å²) in [4.78, 5) is 12.2. The van der Waals surface area contributed by atoms with Crippen molar-refractivity contribution in [3.63, 3.8) is 0 Å². The molecule has 1 amide bonds. The summed E-state index contributed by atoms with van der Waals surface area (Å²) in [5.74, 6) is -0.213. The molecule has 0 heterocycles. The minimum absolute atomic E-state index is 0.115. The number of nitrogens with one attached hydrogen (secondary N) is 1. The van der Waals surface area contributed by atoms with E-state index in [-0.39, 0.29) is 12.5 Å². The number of para-hydroxylation sites is 1. The Kier molecular flexibility index (Phi) is 4.20. The maximum atomic E-state index is 12.2. The van der Waals surface area contributed by atoms with Crippen LogP contribution in [0.15, 0.2) is 42.5 Å². The Balaban J connectivity index is 2.26. The van der Waals surface area contributed by atoms with Crippen molar-refractivity contribution in [1.29, 1.82) is 0 Å². The van der Waals surface area contributed by atoms with E-state index in [9.17, 15) is 9.90 Å². The molecular formula is C15H14ClNO2. The van der Waals surface area contributed by atoms with Gasteiger partial charge in [0, 0.05) is 21.8 Å². The van der Waals surface area contributed by atoms with E-state index < -0.39 is 0 Å². The van der Waals surface area contributed by atoms with Crippen molar-refractivity contribution in [2.45, 2.75) is 13.5 Å². The van der Waals surface area contributed by atoms with Gasteiger partial charge in [-0.3, -0.25) is 4.79 Å². The fourth-order valence-corrected chi connectivity index (χ4v) is 2.08. The minimum atomic E-state index is -0.213. The molecule has 3 nitrogen and oxygen atoms in total. The van der Waals surface area contributed by atoms with E-state index in [1.807, 2.05) is 19.1 Å². The van der Waals surface area contributed by atoms with Crippen LogP contribution in [0, 0.1) is 6.92 Å². The van der Waals surface area contributed by atoms with Crippen LogP contribution in [0.5, 0.6) is 0 Å². The third-order valence-electron chi connectivity index (χ3n) is 2.87. The van der Waals surface area contributed by atoms with Crippen LogP contribution < -0.4 is 5.32 Å². The summed E-state index contributed by atoms with van der Waals surface area (Å²) in [7, 11) is 0. The lowest BCUT2D eigenvalue weighted by Crippen LogP contribution is -2.14. The first-order valence-corrected chi connectivity index (χ1v) is 6.26. The molecule has 0 radical (unpaired) electrons. The normalized spacial score (nSPS) is 10.3. The molecule has 19 heavy (non-hydrogen) atoms. The first kappa shape index (κ1) is 13.6. The number of aliphatic hydroxyl groups is 1. The lowest BCUT2D eigenvalue weighted by Gasteiger charge is -2.11. The number of carbonyl (C=O) groups is 1. The quantitative estimate of drug-likeness (QED) is 0.902. The highest BCUT2D eigenvalue weighted by Gasteiger charge is 2.11. The summed E-state index contributed by atoms with van der Waals surface area (Å²) in [5.41, 5.74) is 2.68. The van der Waals surface area contributed by atoms with Gasteiger partial charge < -0.3 is 10.4 Å². The fraction of sp³-hybridized carbons (Fsp3) is 0.133. The van der Waals surface area contributed by atoms with Gasteiger partial charge in [-0.1, -0.05) is 29.8 Å². The lowest BCUT2D eigenvalue weighted by molar-refractivity contribution is 0.102. The van der Waals surface area contributed by atoms with Crippen molar-refractivity contribution in [3.8, 4) is 0 Å². The van der Waals surface area contributed by atoms with Crippen LogP contribution >= 0.6 is 11.6 Å². The van der Waals surface area contributed by atoms with Crippen LogP contribution in [0.1, 0.15) is 21.5 Å². The number of amides is 1. The Hall–Kier alpha value is -1.84. The number of benzene rings is 2. The molecule has 0 saturated heterocycles. The zero-order valence-electron chi connectivity index (χ0n) is 10.5. The van der Waals surface area contributed by atoms with Crippen LogP contribution in [0.3, 0.4) is 0 Å². The molecule has 2 aromatic carbocycles. The van der Waals surface area contributed by atoms with Gasteiger partial charge in [0.25, 0.3) is 5.91 Å². The van der Waals surface area contributed by atoms with E-state index in [1.165, 1.54) is 0 Å². The zero-order chi connectivity index (χ0) is 13.8. The van der Waals surface area contributed by atoms with Crippen LogP contribution in [0.4, 0.5) is 5.69 Å². The third-order valence-corrected chi connectivity index (χ3v) is 3.10. The van der Waals surface area contributed by atoms with Crippen LogP contribution in [-0.4, -0.2) is 11.0 Å². The molecule has 0 fully saturated rings. The van der Waals surface area contributed by atoms with Gasteiger partial charge in [0.1, 0.15) is 0 Å². The monoisotopic (exact) mass is 275 g/mol. The van der Waals surface area contributed by atoms with Crippen molar-refractivity contribution >= 4 is 23.2 Å². The average Bonchev–Trinajstić information content (AvgIpc) is 2.39. The Morgan fingerprint density at radius 3 is 2.68 bits per heavy atom. The molecule has 0 saturated carbocycles. The lowest BCUT2D eigenvalue weighted by atomic mass is 10.1. The molecule has 0 bridgehead atoms. The molecule has 0 aliphatic rings. The number of aliphatic hydroxyl groups excluding tert-OH is 1. The van der Waals surface area contributed by atoms with Crippen molar-refractivity contribution in [3.05, 3.63) is 64.2 Å². The second kappa shape index (κ2) is 5.87. The molecule has 0 aliphatic heterocycles. The highest BCUT2D eigenvalue weighted by molar-refractivity contribution is 6.30. The van der Waals surface area contributed by atoms with Gasteiger partial charge in [0.05, 0.1) is 6.61 Å². The Morgan fingerprint density at radius 1 is 1.26 bits per heavy atom. The molecule has 2 aromatic rings. The van der Waals surface area contributed by atoms with E-state index in [0.717, 1.165) is 5.56 Å². The van der Waals surface area contributed by atoms with Gasteiger partial charge in [0.15, 0.2) is 0 Å². The molecule has 0 aromatic heterocycles. The van der Waals surface area contributed by atoms with Gasteiger partial charge in [-0.05, 0) is 36.8 Å². The van der Waals surface area contributed by atoms with Gasteiger partial charge in [-0.25, -0.2) is 0 Å². The maximum Gasteiger partial charge on any atom is 0.255 e. The molecule has 0 spiro atoms. The summed E-state index contributed by atoms with van der Waals surface area (Å²) in [5, 5.41) is 12.6. The highest BCUT2D eigenvalue weighted by Crippen LogP contribution is 2.19. The summed E-state index contributed by atoms with van der Waals surface area (Å²) >= 11 is 5.86. The fourth-order valence-electron chi connectivity index (χ4n) is 1.85. The average molecular weight is 276 g/mol. The standard InChI is InChI=1S/C15H14ClNO2/c1-10-8-12(16)6-7-13(10)15(19)17-14-5-3-2-4-11(14)9-18/h2-8,18H,9H2,1H3,(H,17,19). The van der Waals surface area contributed by atoms with E-state index in [0.29, 0.717) is 21.8 Å². The van der Waals surface area contributed by atoms with Gasteiger partial charge in [0.2, 0.25) is 0 Å². The molecule has 0 atom stereocenters. The first-order chi connectivity index (χ1) is 9.11. The number of rotatable bonds is 3. The zero-order valence-corrected chi connectivity index (χ0v) is 11.2. The number of hydrogen-bond donors (Lipinski definition) is 2. The summed E-state index contributed by atoms with van der Waals surface area (Å²) < 4.78 is 0. The number of anilines is 1. The molecule has 98 valence electrons. The first-order valence-electron chi connectivity index (χ1n) is 5.88. The van der Waals surface area contributed by atoms with Crippen molar-refractivity contribution in [1.82, 2.24) is 0 Å². The maximum absolute atomic E-state index is 12.2. The summed E-state index contributed by atoms with van der Waals surface area (Å²) in [6, 6.07) is 12.3.